The molecule has 0 saturated heterocycles. The Labute approximate surface area is 92.0 Å². The van der Waals surface area contributed by atoms with E-state index in [1.54, 1.807) is 6.07 Å². The minimum Gasteiger partial charge on any atom is -0.495 e. The number of methoxy groups -OCH3 is 2. The highest BCUT2D eigenvalue weighted by molar-refractivity contribution is 6.36. The normalized spacial score (nSPS) is 9.71. The molecule has 0 aliphatic rings. The molecule has 0 atom stereocenters. The molecule has 3 nitrogen and oxygen atoms in total. The second-order valence-electron chi connectivity index (χ2n) is 2.50. The lowest BCUT2D eigenvalue weighted by atomic mass is 10.2. The molecule has 1 aromatic carbocycles. The fourth-order valence-corrected chi connectivity index (χ4v) is 1.45. The summed E-state index contributed by atoms with van der Waals surface area (Å²) in [6.45, 7) is 0. The zero-order valence-corrected chi connectivity index (χ0v) is 9.24. The van der Waals surface area contributed by atoms with Crippen LogP contribution in [0.15, 0.2) is 12.1 Å². The average Bonchev–Trinajstić information content (AvgIpc) is 2.19. The quantitative estimate of drug-likeness (QED) is 0.631. The molecule has 0 radical (unpaired) electrons. The summed E-state index contributed by atoms with van der Waals surface area (Å²) in [5, 5.41) is 8.21. The number of hydrogen-bond acceptors (Lipinski definition) is 3. The van der Waals surface area contributed by atoms with E-state index < -0.39 is 0 Å². The number of rotatable bonds is 2. The van der Waals surface area contributed by atoms with Crippen molar-refractivity contribution in [2.24, 2.45) is 0 Å². The number of ether oxygens (including phenoxy) is 2. The molecule has 5 heteroatoms. The largest absolute Gasteiger partial charge is 0.495 e. The number of nitrogens with one attached hydrogen (secondary N) is 1. The Morgan fingerprint density at radius 2 is 1.86 bits per heavy atom. The molecule has 14 heavy (non-hydrogen) atoms. The average molecular weight is 234 g/mol. The van der Waals surface area contributed by atoms with Crippen LogP contribution >= 0.6 is 23.2 Å². The summed E-state index contributed by atoms with van der Waals surface area (Å²) in [7, 11) is 2.90. The predicted molar refractivity (Wildman–Crippen MR) is 56.9 cm³/mol. The second kappa shape index (κ2) is 4.53. The van der Waals surface area contributed by atoms with Gasteiger partial charge < -0.3 is 9.47 Å². The van der Waals surface area contributed by atoms with Crippen molar-refractivity contribution in [2.45, 2.75) is 0 Å². The van der Waals surface area contributed by atoms with E-state index in [2.05, 4.69) is 0 Å². The van der Waals surface area contributed by atoms with E-state index in [1.807, 2.05) is 0 Å². The summed E-state index contributed by atoms with van der Waals surface area (Å²) in [6.07, 6.45) is 0. The first kappa shape index (κ1) is 11.1. The highest BCUT2D eigenvalue weighted by Crippen LogP contribution is 2.31. The second-order valence-corrected chi connectivity index (χ2v) is 3.31. The molecule has 0 aliphatic heterocycles. The van der Waals surface area contributed by atoms with Gasteiger partial charge in [-0.1, -0.05) is 23.2 Å². The van der Waals surface area contributed by atoms with E-state index >= 15 is 0 Å². The van der Waals surface area contributed by atoms with E-state index in [0.29, 0.717) is 21.4 Å². The van der Waals surface area contributed by atoms with Crippen LogP contribution in [0.2, 0.25) is 10.0 Å². The van der Waals surface area contributed by atoms with Crippen molar-refractivity contribution in [1.29, 1.82) is 5.41 Å². The molecule has 0 fully saturated rings. The third-order valence-electron chi connectivity index (χ3n) is 1.69. The Morgan fingerprint density at radius 1 is 1.21 bits per heavy atom. The first-order valence-electron chi connectivity index (χ1n) is 3.76. The predicted octanol–water partition coefficient (Wildman–Crippen LogP) is 2.97. The van der Waals surface area contributed by atoms with Gasteiger partial charge in [-0.05, 0) is 6.07 Å². The van der Waals surface area contributed by atoms with Crippen LogP contribution in [0.1, 0.15) is 5.56 Å². The molecule has 0 heterocycles. The van der Waals surface area contributed by atoms with Crippen molar-refractivity contribution >= 4 is 29.1 Å². The van der Waals surface area contributed by atoms with E-state index in [4.69, 9.17) is 38.1 Å². The van der Waals surface area contributed by atoms with E-state index in [0.717, 1.165) is 0 Å². The van der Waals surface area contributed by atoms with Gasteiger partial charge in [0.1, 0.15) is 5.75 Å². The third-order valence-corrected chi connectivity index (χ3v) is 2.30. The van der Waals surface area contributed by atoms with Gasteiger partial charge in [-0.25, -0.2) is 0 Å². The molecule has 1 aromatic rings. The third kappa shape index (κ3) is 2.11. The Bertz CT molecular complexity index is 366. The Balaban J connectivity index is 3.21. The zero-order valence-electron chi connectivity index (χ0n) is 7.73. The molecular weight excluding hydrogens is 225 g/mol. The molecule has 1 rings (SSSR count). The van der Waals surface area contributed by atoms with Crippen LogP contribution in [-0.4, -0.2) is 20.1 Å². The molecule has 0 spiro atoms. The fourth-order valence-electron chi connectivity index (χ4n) is 0.969. The Hall–Kier alpha value is -0.930. The zero-order chi connectivity index (χ0) is 10.7. The molecule has 0 aliphatic carbocycles. The maximum absolute atomic E-state index is 7.44. The Kier molecular flexibility index (Phi) is 3.61. The van der Waals surface area contributed by atoms with Crippen LogP contribution in [0.5, 0.6) is 5.75 Å². The van der Waals surface area contributed by atoms with Gasteiger partial charge >= 0.3 is 0 Å². The summed E-state index contributed by atoms with van der Waals surface area (Å²) in [5.74, 6) is 0.448. The molecule has 0 aromatic heterocycles. The first-order chi connectivity index (χ1) is 6.60. The van der Waals surface area contributed by atoms with Crippen LogP contribution < -0.4 is 4.74 Å². The van der Waals surface area contributed by atoms with Crippen molar-refractivity contribution in [3.63, 3.8) is 0 Å². The van der Waals surface area contributed by atoms with E-state index in [-0.39, 0.29) is 5.90 Å². The molecule has 0 bridgehead atoms. The molecule has 76 valence electrons. The maximum atomic E-state index is 7.44. The van der Waals surface area contributed by atoms with Crippen LogP contribution in [0, 0.1) is 5.41 Å². The van der Waals surface area contributed by atoms with Gasteiger partial charge in [0.25, 0.3) is 0 Å². The summed E-state index contributed by atoms with van der Waals surface area (Å²) >= 11 is 11.8. The highest BCUT2D eigenvalue weighted by Gasteiger charge is 2.11. The van der Waals surface area contributed by atoms with Crippen LogP contribution in [0.25, 0.3) is 0 Å². The SMILES string of the molecule is COC(=N)c1cc(Cl)c(OC)cc1Cl. The lowest BCUT2D eigenvalue weighted by Gasteiger charge is -2.08. The number of benzene rings is 1. The summed E-state index contributed by atoms with van der Waals surface area (Å²) in [4.78, 5) is 0. The van der Waals surface area contributed by atoms with Crippen molar-refractivity contribution in [3.05, 3.63) is 27.7 Å². The standard InChI is InChI=1S/C9H9Cl2NO2/c1-13-8-4-6(10)5(3-7(8)11)9(12)14-2/h3-4,12H,1-2H3. The highest BCUT2D eigenvalue weighted by atomic mass is 35.5. The van der Waals surface area contributed by atoms with Gasteiger partial charge in [-0.2, -0.15) is 0 Å². The topological polar surface area (TPSA) is 42.3 Å². The molecule has 1 N–H and O–H groups in total. The minimum absolute atomic E-state index is 0.0282. The van der Waals surface area contributed by atoms with Crippen LogP contribution in [-0.2, 0) is 4.74 Å². The van der Waals surface area contributed by atoms with Gasteiger partial charge in [-0.3, -0.25) is 5.41 Å². The lowest BCUT2D eigenvalue weighted by molar-refractivity contribution is 0.400. The van der Waals surface area contributed by atoms with Crippen molar-refractivity contribution in [1.82, 2.24) is 0 Å². The lowest BCUT2D eigenvalue weighted by Crippen LogP contribution is -2.02. The first-order valence-corrected chi connectivity index (χ1v) is 4.51. The molecular formula is C9H9Cl2NO2. The minimum atomic E-state index is -0.0282. The van der Waals surface area contributed by atoms with Crippen molar-refractivity contribution < 1.29 is 9.47 Å². The summed E-state index contributed by atoms with van der Waals surface area (Å²) < 4.78 is 9.71. The van der Waals surface area contributed by atoms with E-state index in [1.165, 1.54) is 20.3 Å². The fraction of sp³-hybridized carbons (Fsp3) is 0.222. The van der Waals surface area contributed by atoms with Gasteiger partial charge in [0.2, 0.25) is 5.90 Å². The van der Waals surface area contributed by atoms with Gasteiger partial charge in [0.15, 0.2) is 0 Å². The number of halogens is 2. The van der Waals surface area contributed by atoms with Gasteiger partial charge in [0.05, 0.1) is 29.8 Å². The van der Waals surface area contributed by atoms with Gasteiger partial charge in [0, 0.05) is 6.07 Å². The van der Waals surface area contributed by atoms with Crippen LogP contribution in [0.3, 0.4) is 0 Å². The summed E-state index contributed by atoms with van der Waals surface area (Å²) in [5.41, 5.74) is 0.444. The monoisotopic (exact) mass is 233 g/mol. The van der Waals surface area contributed by atoms with Crippen molar-refractivity contribution in [3.8, 4) is 5.75 Å². The van der Waals surface area contributed by atoms with Gasteiger partial charge in [-0.15, -0.1) is 0 Å². The number of hydrogen-bond donors (Lipinski definition) is 1. The maximum Gasteiger partial charge on any atom is 0.214 e. The van der Waals surface area contributed by atoms with E-state index in [9.17, 15) is 0 Å². The summed E-state index contributed by atoms with van der Waals surface area (Å²) in [6, 6.07) is 3.08. The molecule has 0 unspecified atom stereocenters. The van der Waals surface area contributed by atoms with Crippen molar-refractivity contribution in [2.75, 3.05) is 14.2 Å². The van der Waals surface area contributed by atoms with Crippen LogP contribution in [0.4, 0.5) is 0 Å². The Morgan fingerprint density at radius 3 is 2.36 bits per heavy atom. The molecule has 0 amide bonds. The smallest absolute Gasteiger partial charge is 0.214 e. The molecule has 0 saturated carbocycles.